The molecule has 40 heavy (non-hydrogen) atoms. The fourth-order valence-electron chi connectivity index (χ4n) is 6.70. The molecule has 3 aliphatic rings. The van der Waals surface area contributed by atoms with E-state index in [-0.39, 0.29) is 30.7 Å². The molecule has 3 aromatic rings. The summed E-state index contributed by atoms with van der Waals surface area (Å²) in [6.07, 6.45) is 0.967. The first-order chi connectivity index (χ1) is 19.4. The predicted octanol–water partition coefficient (Wildman–Crippen LogP) is 4.88. The summed E-state index contributed by atoms with van der Waals surface area (Å²) in [5.74, 6) is 0.501. The Balaban J connectivity index is 1.25. The number of rotatable bonds is 5. The quantitative estimate of drug-likeness (QED) is 0.483. The van der Waals surface area contributed by atoms with Gasteiger partial charge in [0, 0.05) is 30.3 Å². The summed E-state index contributed by atoms with van der Waals surface area (Å²) in [4.78, 5) is 34.7. The number of carbonyl (C=O) groups excluding carboxylic acids is 2. The lowest BCUT2D eigenvalue weighted by Gasteiger charge is -2.52. The number of nitrogens with zero attached hydrogens (tertiary/aromatic N) is 3. The van der Waals surface area contributed by atoms with Crippen LogP contribution in [0.5, 0.6) is 0 Å². The first-order valence-electron chi connectivity index (χ1n) is 14.0. The number of amides is 2. The van der Waals surface area contributed by atoms with E-state index in [1.165, 1.54) is 12.1 Å². The predicted molar refractivity (Wildman–Crippen MR) is 154 cm³/mol. The summed E-state index contributed by atoms with van der Waals surface area (Å²) in [5, 5.41) is 11.6. The van der Waals surface area contributed by atoms with Crippen molar-refractivity contribution in [1.29, 1.82) is 0 Å². The van der Waals surface area contributed by atoms with Gasteiger partial charge in [0.2, 0.25) is 11.8 Å². The van der Waals surface area contributed by atoms with Crippen LogP contribution in [0.15, 0.2) is 83.8 Å². The van der Waals surface area contributed by atoms with Crippen LogP contribution in [-0.4, -0.2) is 64.8 Å². The highest BCUT2D eigenvalue weighted by atomic mass is 32.2. The van der Waals surface area contributed by atoms with E-state index >= 15 is 0 Å². The lowest BCUT2D eigenvalue weighted by molar-refractivity contribution is -0.166. The topological polar surface area (TPSA) is 64.1 Å². The van der Waals surface area contributed by atoms with Crippen molar-refractivity contribution < 1.29 is 19.1 Å². The Morgan fingerprint density at radius 1 is 1.02 bits per heavy atom. The third kappa shape index (κ3) is 5.28. The van der Waals surface area contributed by atoms with Gasteiger partial charge in [-0.1, -0.05) is 54.6 Å². The van der Waals surface area contributed by atoms with Crippen LogP contribution in [0.4, 0.5) is 10.1 Å². The van der Waals surface area contributed by atoms with Gasteiger partial charge in [0.25, 0.3) is 0 Å². The van der Waals surface area contributed by atoms with Crippen molar-refractivity contribution in [1.82, 2.24) is 9.80 Å². The van der Waals surface area contributed by atoms with Crippen LogP contribution in [0.3, 0.4) is 0 Å². The number of likely N-dealkylation sites (tertiary alicyclic amines) is 2. The molecule has 6 rings (SSSR count). The van der Waals surface area contributed by atoms with Gasteiger partial charge in [-0.05, 0) is 61.2 Å². The van der Waals surface area contributed by atoms with Gasteiger partial charge in [0.05, 0.1) is 29.8 Å². The Morgan fingerprint density at radius 2 is 1.82 bits per heavy atom. The summed E-state index contributed by atoms with van der Waals surface area (Å²) < 4.78 is 14.1. The van der Waals surface area contributed by atoms with Gasteiger partial charge >= 0.3 is 0 Å². The summed E-state index contributed by atoms with van der Waals surface area (Å²) in [6, 6.07) is 23.3. The van der Waals surface area contributed by atoms with Crippen LogP contribution in [0.25, 0.3) is 0 Å². The number of para-hydroxylation sites is 1. The molecule has 1 spiro atoms. The molecule has 0 aromatic heterocycles. The molecule has 3 heterocycles. The van der Waals surface area contributed by atoms with E-state index in [1.807, 2.05) is 65.6 Å². The number of carbonyl (C=O) groups is 2. The van der Waals surface area contributed by atoms with Gasteiger partial charge in [0.1, 0.15) is 5.82 Å². The van der Waals surface area contributed by atoms with Gasteiger partial charge in [-0.15, -0.1) is 11.8 Å². The lowest BCUT2D eigenvalue weighted by atomic mass is 9.69. The van der Waals surface area contributed by atoms with Crippen LogP contribution >= 0.6 is 11.8 Å². The number of halogens is 1. The fraction of sp³-hybridized carbons (Fsp3) is 0.375. The molecule has 0 unspecified atom stereocenters. The minimum Gasteiger partial charge on any atom is -0.391 e. The average molecular weight is 560 g/mol. The second-order valence-electron chi connectivity index (χ2n) is 11.1. The first kappa shape index (κ1) is 27.0. The Bertz CT molecular complexity index is 1390. The van der Waals surface area contributed by atoms with Crippen molar-refractivity contribution in [3.63, 3.8) is 0 Å². The largest absolute Gasteiger partial charge is 0.391 e. The second-order valence-corrected chi connectivity index (χ2v) is 12.3. The second kappa shape index (κ2) is 11.4. The number of benzene rings is 3. The third-order valence-electron chi connectivity index (χ3n) is 8.44. The third-order valence-corrected chi connectivity index (χ3v) is 9.48. The SMILES string of the molecule is O=C(CN1CCC[C@]2(C[C@@H](O)[C@H](c3ccccc3)N(Cc3cccc(F)c3)C2=O)C1)N1CCSc2ccccc21. The molecule has 2 amide bonds. The molecule has 208 valence electrons. The highest BCUT2D eigenvalue weighted by molar-refractivity contribution is 7.99. The number of fused-ring (bicyclic) bond motifs is 1. The highest BCUT2D eigenvalue weighted by Crippen LogP contribution is 2.46. The van der Waals surface area contributed by atoms with E-state index in [9.17, 15) is 19.1 Å². The summed E-state index contributed by atoms with van der Waals surface area (Å²) in [7, 11) is 0. The number of hydrogen-bond acceptors (Lipinski definition) is 5. The standard InChI is InChI=1S/C32H34FN3O3S/c33-25-11-6-8-23(18-25)20-36-30(24-9-2-1-3-10-24)27(37)19-32(31(36)39)14-7-15-34(22-32)21-29(38)35-16-17-40-28-13-5-4-12-26(28)35/h1-6,8-13,18,27,30,37H,7,14-17,19-22H2/t27-,30+,32+/m1/s1. The van der Waals surface area contributed by atoms with E-state index < -0.39 is 17.6 Å². The van der Waals surface area contributed by atoms with E-state index in [1.54, 1.807) is 22.7 Å². The van der Waals surface area contributed by atoms with Crippen LogP contribution in [-0.2, 0) is 16.1 Å². The van der Waals surface area contributed by atoms with Crippen molar-refractivity contribution in [3.8, 4) is 0 Å². The molecule has 2 saturated heterocycles. The molecule has 0 saturated carbocycles. The molecule has 3 aliphatic heterocycles. The van der Waals surface area contributed by atoms with Crippen LogP contribution < -0.4 is 4.90 Å². The number of piperidine rings is 2. The number of aliphatic hydroxyl groups excluding tert-OH is 1. The molecule has 3 aromatic carbocycles. The molecule has 0 radical (unpaired) electrons. The molecule has 0 aliphatic carbocycles. The zero-order valence-electron chi connectivity index (χ0n) is 22.4. The zero-order chi connectivity index (χ0) is 27.7. The van der Waals surface area contributed by atoms with Crippen LogP contribution in [0.2, 0.25) is 0 Å². The fourth-order valence-corrected chi connectivity index (χ4v) is 7.70. The first-order valence-corrected chi connectivity index (χ1v) is 15.0. The Kier molecular flexibility index (Phi) is 7.66. The van der Waals surface area contributed by atoms with Crippen molar-refractivity contribution in [2.24, 2.45) is 5.41 Å². The van der Waals surface area contributed by atoms with Crippen molar-refractivity contribution in [2.75, 3.05) is 36.8 Å². The number of anilines is 1. The molecular formula is C32H34FN3O3S. The van der Waals surface area contributed by atoms with Crippen molar-refractivity contribution in [3.05, 3.63) is 95.8 Å². The van der Waals surface area contributed by atoms with Gasteiger partial charge in [0.15, 0.2) is 0 Å². The Hall–Kier alpha value is -3.20. The van der Waals surface area contributed by atoms with E-state index in [0.29, 0.717) is 31.5 Å². The van der Waals surface area contributed by atoms with E-state index in [0.717, 1.165) is 34.9 Å². The van der Waals surface area contributed by atoms with Crippen molar-refractivity contribution >= 4 is 29.3 Å². The molecule has 2 fully saturated rings. The van der Waals surface area contributed by atoms with Gasteiger partial charge in [-0.2, -0.15) is 0 Å². The van der Waals surface area contributed by atoms with Gasteiger partial charge < -0.3 is 14.9 Å². The van der Waals surface area contributed by atoms with Crippen molar-refractivity contribution in [2.45, 2.75) is 42.8 Å². The summed E-state index contributed by atoms with van der Waals surface area (Å²) >= 11 is 1.77. The summed E-state index contributed by atoms with van der Waals surface area (Å²) in [5.41, 5.74) is 1.69. The smallest absolute Gasteiger partial charge is 0.241 e. The zero-order valence-corrected chi connectivity index (χ0v) is 23.2. The maximum absolute atomic E-state index is 14.4. The van der Waals surface area contributed by atoms with Crippen LogP contribution in [0, 0.1) is 11.2 Å². The molecule has 1 N–H and O–H groups in total. The molecule has 8 heteroatoms. The Labute approximate surface area is 238 Å². The molecule has 3 atom stereocenters. The number of thioether (sulfide) groups is 1. The molecule has 0 bridgehead atoms. The summed E-state index contributed by atoms with van der Waals surface area (Å²) in [6.45, 7) is 2.25. The van der Waals surface area contributed by atoms with Gasteiger partial charge in [-0.25, -0.2) is 4.39 Å². The average Bonchev–Trinajstić information content (AvgIpc) is 2.96. The van der Waals surface area contributed by atoms with Crippen LogP contribution in [0.1, 0.15) is 36.4 Å². The normalized spacial score (nSPS) is 25.2. The highest BCUT2D eigenvalue weighted by Gasteiger charge is 2.53. The van der Waals surface area contributed by atoms with E-state index in [4.69, 9.17) is 0 Å². The maximum Gasteiger partial charge on any atom is 0.241 e. The monoisotopic (exact) mass is 559 g/mol. The lowest BCUT2D eigenvalue weighted by Crippen LogP contribution is -2.61. The Morgan fingerprint density at radius 3 is 2.65 bits per heavy atom. The number of aliphatic hydroxyl groups is 1. The van der Waals surface area contributed by atoms with E-state index in [2.05, 4.69) is 4.90 Å². The minimum absolute atomic E-state index is 0.0345. The molecular weight excluding hydrogens is 525 g/mol. The maximum atomic E-state index is 14.4. The minimum atomic E-state index is -0.799. The molecule has 6 nitrogen and oxygen atoms in total. The van der Waals surface area contributed by atoms with Gasteiger partial charge in [-0.3, -0.25) is 14.5 Å². The number of hydrogen-bond donors (Lipinski definition) is 1.